The number of thiophene rings is 1. The van der Waals surface area contributed by atoms with E-state index in [-0.39, 0.29) is 17.8 Å². The number of benzene rings is 2. The first-order valence-corrected chi connectivity index (χ1v) is 13.9. The lowest BCUT2D eigenvalue weighted by Crippen LogP contribution is -2.27. The second kappa shape index (κ2) is 11.4. The van der Waals surface area contributed by atoms with E-state index in [0.29, 0.717) is 34.9 Å². The zero-order valence-corrected chi connectivity index (χ0v) is 23.7. The summed E-state index contributed by atoms with van der Waals surface area (Å²) >= 11 is 7.39. The van der Waals surface area contributed by atoms with Crippen LogP contribution >= 0.6 is 22.9 Å². The van der Waals surface area contributed by atoms with E-state index in [1.807, 2.05) is 68.2 Å². The Hall–Kier alpha value is -3.43. The van der Waals surface area contributed by atoms with E-state index in [0.717, 1.165) is 38.0 Å². The Balaban J connectivity index is 1.29. The average molecular weight is 563 g/mol. The molecule has 5 aromatic rings. The lowest BCUT2D eigenvalue weighted by molar-refractivity contribution is -0.120. The standard InChI is InChI=1S/C30H31ClN4O3S/c1-18-26(17-34(2)16-25(36)23-14-32-24-7-5-4-6-22(23)24)39-30-28(18)35(3)15-20(29(30)38)12-27(37)33-13-19-8-10-21(31)11-9-19/h4-11,14-15,25,32,36H,12-13,16-17H2,1-3H3,(H,33,37). The normalized spacial score (nSPS) is 12.5. The van der Waals surface area contributed by atoms with Crippen LogP contribution < -0.4 is 10.7 Å². The molecule has 0 aliphatic carbocycles. The number of carbonyl (C=O) groups excluding carboxylic acids is 1. The summed E-state index contributed by atoms with van der Waals surface area (Å²) in [7, 11) is 3.88. The minimum absolute atomic E-state index is 0.0131. The van der Waals surface area contributed by atoms with Gasteiger partial charge in [0.25, 0.3) is 0 Å². The van der Waals surface area contributed by atoms with Crippen molar-refractivity contribution in [3.8, 4) is 0 Å². The monoisotopic (exact) mass is 562 g/mol. The van der Waals surface area contributed by atoms with E-state index in [4.69, 9.17) is 11.6 Å². The third kappa shape index (κ3) is 5.79. The number of para-hydroxylation sites is 1. The van der Waals surface area contributed by atoms with Crippen LogP contribution in [-0.2, 0) is 31.4 Å². The van der Waals surface area contributed by atoms with Crippen molar-refractivity contribution in [2.24, 2.45) is 7.05 Å². The van der Waals surface area contributed by atoms with E-state index in [1.54, 1.807) is 18.3 Å². The number of likely N-dealkylation sites (N-methyl/N-ethyl adjacent to an activating group) is 1. The molecule has 9 heteroatoms. The molecule has 0 aliphatic rings. The van der Waals surface area contributed by atoms with Crippen LogP contribution in [0.1, 0.15) is 33.2 Å². The van der Waals surface area contributed by atoms with Crippen molar-refractivity contribution < 1.29 is 9.90 Å². The Morgan fingerprint density at radius 2 is 1.95 bits per heavy atom. The molecule has 0 saturated heterocycles. The lowest BCUT2D eigenvalue weighted by Gasteiger charge is -2.20. The highest BCUT2D eigenvalue weighted by molar-refractivity contribution is 7.19. The number of nitrogens with zero attached hydrogens (tertiary/aromatic N) is 2. The van der Waals surface area contributed by atoms with Gasteiger partial charge in [-0.05, 0) is 43.3 Å². The summed E-state index contributed by atoms with van der Waals surface area (Å²) in [6, 6.07) is 15.2. The molecule has 202 valence electrons. The second-order valence-corrected chi connectivity index (χ2v) is 11.5. The van der Waals surface area contributed by atoms with Gasteiger partial charge < -0.3 is 20.0 Å². The number of pyridine rings is 1. The molecule has 0 saturated carbocycles. The van der Waals surface area contributed by atoms with Gasteiger partial charge >= 0.3 is 0 Å². The van der Waals surface area contributed by atoms with Gasteiger partial charge in [0.1, 0.15) is 0 Å². The predicted octanol–water partition coefficient (Wildman–Crippen LogP) is 5.07. The van der Waals surface area contributed by atoms with Crippen LogP contribution in [0.2, 0.25) is 5.02 Å². The van der Waals surface area contributed by atoms with Crippen LogP contribution in [0.4, 0.5) is 0 Å². The fraction of sp³-hybridized carbons (Fsp3) is 0.267. The quantitative estimate of drug-likeness (QED) is 0.234. The van der Waals surface area contributed by atoms with Gasteiger partial charge in [0, 0.05) is 71.0 Å². The van der Waals surface area contributed by atoms with Gasteiger partial charge in [-0.25, -0.2) is 0 Å². The number of aryl methyl sites for hydroxylation is 2. The summed E-state index contributed by atoms with van der Waals surface area (Å²) in [6.45, 7) is 3.44. The van der Waals surface area contributed by atoms with Gasteiger partial charge in [-0.1, -0.05) is 41.9 Å². The SMILES string of the molecule is Cc1c(CN(C)CC(O)c2c[nH]c3ccccc23)sc2c(=O)c(CC(=O)NCc3ccc(Cl)cc3)cn(C)c12. The van der Waals surface area contributed by atoms with Crippen LogP contribution in [-0.4, -0.2) is 39.1 Å². The molecule has 0 fully saturated rings. The first-order chi connectivity index (χ1) is 18.7. The summed E-state index contributed by atoms with van der Waals surface area (Å²) in [5.41, 5.74) is 5.10. The molecule has 0 spiro atoms. The van der Waals surface area contributed by atoms with Crippen molar-refractivity contribution in [2.75, 3.05) is 13.6 Å². The number of fused-ring (bicyclic) bond motifs is 2. The number of aliphatic hydroxyl groups is 1. The molecular weight excluding hydrogens is 532 g/mol. The van der Waals surface area contributed by atoms with Gasteiger partial charge in [-0.15, -0.1) is 11.3 Å². The number of rotatable bonds is 9. The number of hydrogen-bond donors (Lipinski definition) is 3. The molecule has 3 heterocycles. The molecule has 3 N–H and O–H groups in total. The minimum atomic E-state index is -0.648. The van der Waals surface area contributed by atoms with E-state index in [9.17, 15) is 14.7 Å². The Morgan fingerprint density at radius 1 is 1.21 bits per heavy atom. The van der Waals surface area contributed by atoms with Crippen LogP contribution in [0.25, 0.3) is 21.1 Å². The highest BCUT2D eigenvalue weighted by Gasteiger charge is 2.20. The number of carbonyl (C=O) groups is 1. The van der Waals surface area contributed by atoms with Crippen LogP contribution in [0.5, 0.6) is 0 Å². The van der Waals surface area contributed by atoms with Crippen LogP contribution in [0.15, 0.2) is 65.7 Å². The Labute approximate surface area is 235 Å². The molecule has 1 unspecified atom stereocenters. The zero-order chi connectivity index (χ0) is 27.7. The van der Waals surface area contributed by atoms with E-state index in [2.05, 4.69) is 15.2 Å². The fourth-order valence-corrected chi connectivity index (χ4v) is 6.54. The summed E-state index contributed by atoms with van der Waals surface area (Å²) in [6.07, 6.45) is 3.00. The Bertz CT molecular complexity index is 1700. The minimum Gasteiger partial charge on any atom is -0.387 e. The molecule has 1 amide bonds. The largest absolute Gasteiger partial charge is 0.387 e. The Morgan fingerprint density at radius 3 is 2.72 bits per heavy atom. The zero-order valence-electron chi connectivity index (χ0n) is 22.1. The number of hydrogen-bond acceptors (Lipinski definition) is 5. The highest BCUT2D eigenvalue weighted by Crippen LogP contribution is 2.31. The van der Waals surface area contributed by atoms with Crippen molar-refractivity contribution >= 4 is 50.0 Å². The second-order valence-electron chi connectivity index (χ2n) is 10.0. The number of H-pyrrole nitrogens is 1. The third-order valence-corrected chi connectivity index (χ3v) is 8.56. The molecule has 1 atom stereocenters. The third-order valence-electron chi connectivity index (χ3n) is 7.05. The molecule has 5 rings (SSSR count). The van der Waals surface area contributed by atoms with Crippen molar-refractivity contribution in [1.82, 2.24) is 19.8 Å². The van der Waals surface area contributed by atoms with Gasteiger partial charge in [0.05, 0.1) is 22.7 Å². The van der Waals surface area contributed by atoms with E-state index < -0.39 is 6.10 Å². The summed E-state index contributed by atoms with van der Waals surface area (Å²) in [5.74, 6) is -0.207. The molecule has 0 aliphatic heterocycles. The van der Waals surface area contributed by atoms with E-state index >= 15 is 0 Å². The summed E-state index contributed by atoms with van der Waals surface area (Å²) < 4.78 is 2.59. The fourth-order valence-electron chi connectivity index (χ4n) is 5.02. The smallest absolute Gasteiger partial charge is 0.224 e. The number of aromatic nitrogens is 2. The molecule has 39 heavy (non-hydrogen) atoms. The highest BCUT2D eigenvalue weighted by atomic mass is 35.5. The number of aliphatic hydroxyl groups excluding tert-OH is 1. The van der Waals surface area contributed by atoms with Crippen LogP contribution in [0, 0.1) is 6.92 Å². The molecule has 0 radical (unpaired) electrons. The molecule has 0 bridgehead atoms. The number of nitrogens with one attached hydrogen (secondary N) is 2. The van der Waals surface area contributed by atoms with Crippen molar-refractivity contribution in [3.05, 3.63) is 103 Å². The topological polar surface area (TPSA) is 90.4 Å². The van der Waals surface area contributed by atoms with Crippen molar-refractivity contribution in [3.63, 3.8) is 0 Å². The maximum Gasteiger partial charge on any atom is 0.224 e. The predicted molar refractivity (Wildman–Crippen MR) is 158 cm³/mol. The van der Waals surface area contributed by atoms with Gasteiger partial charge in [0.2, 0.25) is 11.3 Å². The van der Waals surface area contributed by atoms with Gasteiger partial charge in [0.15, 0.2) is 0 Å². The first-order valence-electron chi connectivity index (χ1n) is 12.8. The maximum atomic E-state index is 13.4. The summed E-state index contributed by atoms with van der Waals surface area (Å²) in [5, 5.41) is 15.5. The Kier molecular flexibility index (Phi) is 7.91. The average Bonchev–Trinajstić information content (AvgIpc) is 3.48. The van der Waals surface area contributed by atoms with Crippen molar-refractivity contribution in [2.45, 2.75) is 32.5 Å². The summed E-state index contributed by atoms with van der Waals surface area (Å²) in [4.78, 5) is 32.4. The van der Waals surface area contributed by atoms with Gasteiger partial charge in [-0.3, -0.25) is 14.5 Å². The molecule has 3 aromatic heterocycles. The molecule has 7 nitrogen and oxygen atoms in total. The van der Waals surface area contributed by atoms with Crippen molar-refractivity contribution in [1.29, 1.82) is 0 Å². The number of aromatic amines is 1. The molecular formula is C30H31ClN4O3S. The first kappa shape index (κ1) is 27.1. The lowest BCUT2D eigenvalue weighted by atomic mass is 10.1. The maximum absolute atomic E-state index is 13.4. The number of halogens is 1. The van der Waals surface area contributed by atoms with E-state index in [1.165, 1.54) is 11.3 Å². The molecule has 2 aromatic carbocycles. The van der Waals surface area contributed by atoms with Crippen LogP contribution in [0.3, 0.4) is 0 Å². The van der Waals surface area contributed by atoms with Gasteiger partial charge in [-0.2, -0.15) is 0 Å². The number of amides is 1.